The molecule has 0 spiro atoms. The zero-order valence-electron chi connectivity index (χ0n) is 12.8. The summed E-state index contributed by atoms with van der Waals surface area (Å²) in [5.41, 5.74) is 10.8. The minimum atomic E-state index is -0.130. The number of carbonyl (C=O) groups excluding carboxylic acids is 1. The molecule has 0 heterocycles. The van der Waals surface area contributed by atoms with E-state index in [2.05, 4.69) is 5.32 Å². The Bertz CT molecular complexity index is 670. The largest absolute Gasteiger partial charge is 0.495 e. The third-order valence-corrected chi connectivity index (χ3v) is 3.39. The molecule has 110 valence electrons. The predicted molar refractivity (Wildman–Crippen MR) is 86.0 cm³/mol. The molecule has 2 aromatic carbocycles. The molecule has 4 heteroatoms. The number of ether oxygens (including phenoxy) is 1. The molecule has 1 amide bonds. The normalized spacial score (nSPS) is 10.3. The highest BCUT2D eigenvalue weighted by Gasteiger charge is 2.13. The van der Waals surface area contributed by atoms with Crippen molar-refractivity contribution in [2.24, 2.45) is 0 Å². The van der Waals surface area contributed by atoms with Crippen LogP contribution in [0.2, 0.25) is 0 Å². The van der Waals surface area contributed by atoms with E-state index in [1.54, 1.807) is 25.3 Å². The van der Waals surface area contributed by atoms with Gasteiger partial charge in [-0.1, -0.05) is 17.7 Å². The lowest BCUT2D eigenvalue weighted by Crippen LogP contribution is -2.15. The number of amides is 1. The number of benzene rings is 2. The summed E-state index contributed by atoms with van der Waals surface area (Å²) < 4.78 is 5.10. The molecule has 0 saturated heterocycles. The fraction of sp³-hybridized carbons (Fsp3) is 0.235. The average Bonchev–Trinajstić information content (AvgIpc) is 2.37. The van der Waals surface area contributed by atoms with Crippen LogP contribution in [-0.4, -0.2) is 13.0 Å². The van der Waals surface area contributed by atoms with Crippen molar-refractivity contribution in [3.63, 3.8) is 0 Å². The van der Waals surface area contributed by atoms with Crippen molar-refractivity contribution in [1.29, 1.82) is 0 Å². The van der Waals surface area contributed by atoms with Crippen LogP contribution < -0.4 is 15.8 Å². The number of nitrogens with one attached hydrogen (secondary N) is 1. The molecule has 0 unspecified atom stereocenters. The first-order chi connectivity index (χ1) is 9.92. The number of nitrogens with two attached hydrogens (primary N) is 1. The van der Waals surface area contributed by atoms with Crippen LogP contribution in [0, 0.1) is 20.8 Å². The SMILES string of the molecule is COc1ccc(NC(=O)c2c(C)cc(C)cc2C)cc1N. The van der Waals surface area contributed by atoms with E-state index in [4.69, 9.17) is 10.5 Å². The van der Waals surface area contributed by atoms with Gasteiger partial charge in [0.2, 0.25) is 0 Å². The van der Waals surface area contributed by atoms with Crippen LogP contribution in [0.15, 0.2) is 30.3 Å². The standard InChI is InChI=1S/C17H20N2O2/c1-10-7-11(2)16(12(3)8-10)17(20)19-13-5-6-15(21-4)14(18)9-13/h5-9H,18H2,1-4H3,(H,19,20). The van der Waals surface area contributed by atoms with Crippen molar-refractivity contribution in [3.05, 3.63) is 52.6 Å². The monoisotopic (exact) mass is 284 g/mol. The van der Waals surface area contributed by atoms with E-state index < -0.39 is 0 Å². The topological polar surface area (TPSA) is 64.3 Å². The Hall–Kier alpha value is -2.49. The van der Waals surface area contributed by atoms with E-state index in [0.29, 0.717) is 22.7 Å². The first-order valence-electron chi connectivity index (χ1n) is 6.75. The molecular weight excluding hydrogens is 264 g/mol. The van der Waals surface area contributed by atoms with Crippen LogP contribution in [0.4, 0.5) is 11.4 Å². The molecule has 2 rings (SSSR count). The van der Waals surface area contributed by atoms with E-state index in [0.717, 1.165) is 16.7 Å². The van der Waals surface area contributed by atoms with Crippen molar-refractivity contribution in [1.82, 2.24) is 0 Å². The van der Waals surface area contributed by atoms with Crippen molar-refractivity contribution in [3.8, 4) is 5.75 Å². The molecular formula is C17H20N2O2. The van der Waals surface area contributed by atoms with Crippen LogP contribution in [0.1, 0.15) is 27.0 Å². The van der Waals surface area contributed by atoms with Gasteiger partial charge in [0, 0.05) is 11.3 Å². The fourth-order valence-corrected chi connectivity index (χ4v) is 2.54. The van der Waals surface area contributed by atoms with Gasteiger partial charge in [-0.2, -0.15) is 0 Å². The van der Waals surface area contributed by atoms with Crippen molar-refractivity contribution in [2.45, 2.75) is 20.8 Å². The van der Waals surface area contributed by atoms with Gasteiger partial charge in [-0.15, -0.1) is 0 Å². The van der Waals surface area contributed by atoms with Gasteiger partial charge >= 0.3 is 0 Å². The Labute approximate surface area is 124 Å². The number of nitrogen functional groups attached to an aromatic ring is 1. The third kappa shape index (κ3) is 3.16. The predicted octanol–water partition coefficient (Wildman–Crippen LogP) is 3.45. The van der Waals surface area contributed by atoms with E-state index in [1.807, 2.05) is 32.9 Å². The van der Waals surface area contributed by atoms with Crippen LogP contribution >= 0.6 is 0 Å². The number of methoxy groups -OCH3 is 1. The van der Waals surface area contributed by atoms with Crippen molar-refractivity contribution < 1.29 is 9.53 Å². The molecule has 0 aromatic heterocycles. The Morgan fingerprint density at radius 2 is 1.71 bits per heavy atom. The lowest BCUT2D eigenvalue weighted by atomic mass is 9.99. The molecule has 21 heavy (non-hydrogen) atoms. The molecule has 4 nitrogen and oxygen atoms in total. The summed E-state index contributed by atoms with van der Waals surface area (Å²) in [6.45, 7) is 5.90. The number of hydrogen-bond acceptors (Lipinski definition) is 3. The van der Waals surface area contributed by atoms with E-state index in [1.165, 1.54) is 0 Å². The molecule has 0 bridgehead atoms. The first kappa shape index (κ1) is 14.9. The van der Waals surface area contributed by atoms with Crippen LogP contribution in [0.5, 0.6) is 5.75 Å². The third-order valence-electron chi connectivity index (χ3n) is 3.39. The molecule has 3 N–H and O–H groups in total. The van der Waals surface area contributed by atoms with Crippen LogP contribution in [-0.2, 0) is 0 Å². The zero-order chi connectivity index (χ0) is 15.6. The van der Waals surface area contributed by atoms with Gasteiger partial charge in [0.05, 0.1) is 12.8 Å². The smallest absolute Gasteiger partial charge is 0.256 e. The summed E-state index contributed by atoms with van der Waals surface area (Å²) in [5.74, 6) is 0.463. The van der Waals surface area contributed by atoms with E-state index in [-0.39, 0.29) is 5.91 Å². The summed E-state index contributed by atoms with van der Waals surface area (Å²) in [6, 6.07) is 9.20. The summed E-state index contributed by atoms with van der Waals surface area (Å²) in [5, 5.41) is 2.88. The maximum Gasteiger partial charge on any atom is 0.256 e. The zero-order valence-corrected chi connectivity index (χ0v) is 12.8. The number of hydrogen-bond donors (Lipinski definition) is 2. The van der Waals surface area contributed by atoms with Crippen molar-refractivity contribution in [2.75, 3.05) is 18.2 Å². The number of carbonyl (C=O) groups is 1. The summed E-state index contributed by atoms with van der Waals surface area (Å²) in [7, 11) is 1.56. The maximum atomic E-state index is 12.4. The molecule has 0 aliphatic rings. The van der Waals surface area contributed by atoms with E-state index >= 15 is 0 Å². The molecule has 0 saturated carbocycles. The highest BCUT2D eigenvalue weighted by Crippen LogP contribution is 2.25. The lowest BCUT2D eigenvalue weighted by Gasteiger charge is -2.13. The highest BCUT2D eigenvalue weighted by atomic mass is 16.5. The fourth-order valence-electron chi connectivity index (χ4n) is 2.54. The first-order valence-corrected chi connectivity index (χ1v) is 6.75. The Kier molecular flexibility index (Phi) is 4.17. The molecule has 0 aliphatic heterocycles. The van der Waals surface area contributed by atoms with Gasteiger partial charge in [-0.3, -0.25) is 4.79 Å². The van der Waals surface area contributed by atoms with E-state index in [9.17, 15) is 4.79 Å². The molecule has 0 aliphatic carbocycles. The van der Waals surface area contributed by atoms with Gasteiger partial charge in [0.25, 0.3) is 5.91 Å². The Morgan fingerprint density at radius 1 is 1.10 bits per heavy atom. The second kappa shape index (κ2) is 5.87. The van der Waals surface area contributed by atoms with Crippen LogP contribution in [0.3, 0.4) is 0 Å². The minimum Gasteiger partial charge on any atom is -0.495 e. The highest BCUT2D eigenvalue weighted by molar-refractivity contribution is 6.06. The number of aryl methyl sites for hydroxylation is 3. The Balaban J connectivity index is 2.28. The lowest BCUT2D eigenvalue weighted by molar-refractivity contribution is 0.102. The quantitative estimate of drug-likeness (QED) is 0.848. The van der Waals surface area contributed by atoms with Crippen molar-refractivity contribution >= 4 is 17.3 Å². The second-order valence-electron chi connectivity index (χ2n) is 5.18. The summed E-state index contributed by atoms with van der Waals surface area (Å²) >= 11 is 0. The van der Waals surface area contributed by atoms with Gasteiger partial charge in [-0.05, 0) is 50.1 Å². The van der Waals surface area contributed by atoms with Gasteiger partial charge in [0.1, 0.15) is 5.75 Å². The number of anilines is 2. The summed E-state index contributed by atoms with van der Waals surface area (Å²) in [4.78, 5) is 12.4. The van der Waals surface area contributed by atoms with Crippen LogP contribution in [0.25, 0.3) is 0 Å². The minimum absolute atomic E-state index is 0.130. The molecule has 0 radical (unpaired) electrons. The van der Waals surface area contributed by atoms with Gasteiger partial charge < -0.3 is 15.8 Å². The molecule has 0 fully saturated rings. The number of rotatable bonds is 3. The summed E-state index contributed by atoms with van der Waals surface area (Å²) in [6.07, 6.45) is 0. The average molecular weight is 284 g/mol. The molecule has 0 atom stereocenters. The second-order valence-corrected chi connectivity index (χ2v) is 5.18. The maximum absolute atomic E-state index is 12.4. The molecule has 2 aromatic rings. The Morgan fingerprint density at radius 3 is 2.24 bits per heavy atom. The van der Waals surface area contributed by atoms with Gasteiger partial charge in [-0.25, -0.2) is 0 Å². The van der Waals surface area contributed by atoms with Gasteiger partial charge in [0.15, 0.2) is 0 Å².